The summed E-state index contributed by atoms with van der Waals surface area (Å²) in [5, 5.41) is 5.55. The monoisotopic (exact) mass is 591 g/mol. The summed E-state index contributed by atoms with van der Waals surface area (Å²) in [4.78, 5) is 12.6. The lowest BCUT2D eigenvalue weighted by Crippen LogP contribution is -2.34. The topological polar surface area (TPSA) is 106 Å². The highest BCUT2D eigenvalue weighted by atomic mass is 79.9. The van der Waals surface area contributed by atoms with Crippen molar-refractivity contribution in [1.29, 1.82) is 0 Å². The van der Waals surface area contributed by atoms with Gasteiger partial charge in [0.1, 0.15) is 11.5 Å². The van der Waals surface area contributed by atoms with Gasteiger partial charge in [-0.25, -0.2) is 8.42 Å². The molecular weight excluding hydrogens is 566 g/mol. The zero-order valence-electron chi connectivity index (χ0n) is 19.9. The first-order valence-corrected chi connectivity index (χ1v) is 13.7. The Kier molecular flexibility index (Phi) is 9.30. The Labute approximate surface area is 224 Å². The van der Waals surface area contributed by atoms with Crippen LogP contribution in [0.4, 0.5) is 11.4 Å². The van der Waals surface area contributed by atoms with E-state index in [-0.39, 0.29) is 16.1 Å². The van der Waals surface area contributed by atoms with Gasteiger partial charge in [-0.1, -0.05) is 0 Å². The second kappa shape index (κ2) is 12.2. The molecule has 0 spiro atoms. The summed E-state index contributed by atoms with van der Waals surface area (Å²) in [6.07, 6.45) is 0.00195. The maximum atomic E-state index is 12.7. The van der Waals surface area contributed by atoms with E-state index in [4.69, 9.17) is 21.7 Å². The molecule has 0 atom stereocenters. The predicted octanol–water partition coefficient (Wildman–Crippen LogP) is 5.56. The van der Waals surface area contributed by atoms with Gasteiger partial charge in [0.25, 0.3) is 15.9 Å². The molecule has 3 aromatic rings. The maximum Gasteiger partial charge on any atom is 0.261 e. The van der Waals surface area contributed by atoms with E-state index in [9.17, 15) is 13.2 Å². The van der Waals surface area contributed by atoms with E-state index >= 15 is 0 Å². The summed E-state index contributed by atoms with van der Waals surface area (Å²) >= 11 is 8.63. The van der Waals surface area contributed by atoms with Crippen molar-refractivity contribution in [1.82, 2.24) is 5.32 Å². The first-order chi connectivity index (χ1) is 17.1. The molecule has 0 aliphatic heterocycles. The second-order valence-electron chi connectivity index (χ2n) is 7.81. The molecule has 0 aliphatic rings. The van der Waals surface area contributed by atoms with Gasteiger partial charge in [0.05, 0.1) is 22.1 Å². The van der Waals surface area contributed by atoms with Gasteiger partial charge in [-0.2, -0.15) is 0 Å². The molecule has 0 radical (unpaired) electrons. The third kappa shape index (κ3) is 7.67. The lowest BCUT2D eigenvalue weighted by Gasteiger charge is -2.13. The van der Waals surface area contributed by atoms with Crippen LogP contribution in [0.5, 0.6) is 11.5 Å². The fourth-order valence-corrected chi connectivity index (χ4v) is 4.79. The van der Waals surface area contributed by atoms with E-state index in [1.807, 2.05) is 20.8 Å². The Bertz CT molecular complexity index is 1330. The van der Waals surface area contributed by atoms with Gasteiger partial charge in [-0.05, 0) is 116 Å². The van der Waals surface area contributed by atoms with Crippen molar-refractivity contribution >= 4 is 60.6 Å². The molecule has 0 unspecified atom stereocenters. The number of benzene rings is 3. The van der Waals surface area contributed by atoms with Crippen molar-refractivity contribution in [2.45, 2.75) is 31.8 Å². The summed E-state index contributed by atoms with van der Waals surface area (Å²) in [5.74, 6) is 0.890. The molecule has 11 heteroatoms. The fraction of sp³-hybridized carbons (Fsp3) is 0.200. The average molecular weight is 593 g/mol. The zero-order valence-corrected chi connectivity index (χ0v) is 23.1. The van der Waals surface area contributed by atoms with E-state index in [0.29, 0.717) is 39.5 Å². The van der Waals surface area contributed by atoms with Crippen LogP contribution in [-0.2, 0) is 10.0 Å². The number of amides is 1. The van der Waals surface area contributed by atoms with Gasteiger partial charge >= 0.3 is 0 Å². The van der Waals surface area contributed by atoms with Crippen LogP contribution < -0.4 is 24.8 Å². The third-order valence-corrected chi connectivity index (χ3v) is 6.84. The third-order valence-electron chi connectivity index (χ3n) is 4.62. The molecule has 0 fully saturated rings. The number of hydrogen-bond donors (Lipinski definition) is 3. The van der Waals surface area contributed by atoms with E-state index in [1.54, 1.807) is 54.6 Å². The summed E-state index contributed by atoms with van der Waals surface area (Å²) in [7, 11) is -3.79. The quantitative estimate of drug-likeness (QED) is 0.280. The Balaban J connectivity index is 1.59. The molecule has 190 valence electrons. The molecule has 0 aliphatic carbocycles. The van der Waals surface area contributed by atoms with E-state index in [2.05, 4.69) is 31.3 Å². The maximum absolute atomic E-state index is 12.7. The SMILES string of the molecule is CCOc1ccc(NS(=O)(=O)c2ccc(NC(=S)NC(=O)c3ccc(OC(C)C)c(Br)c3)cc2)cc1. The van der Waals surface area contributed by atoms with Crippen molar-refractivity contribution in [2.24, 2.45) is 0 Å². The highest BCUT2D eigenvalue weighted by molar-refractivity contribution is 9.10. The van der Waals surface area contributed by atoms with Crippen LogP contribution in [0.15, 0.2) is 76.1 Å². The van der Waals surface area contributed by atoms with Gasteiger partial charge in [0.2, 0.25) is 0 Å². The standard InChI is InChI=1S/C25H26BrN3O5S2/c1-4-33-20-10-6-19(7-11-20)29-36(31,32)21-12-8-18(9-13-21)27-25(35)28-24(30)17-5-14-23(22(26)15-17)34-16(2)3/h5-16,29H,4H2,1-3H3,(H2,27,28,30,35). The smallest absolute Gasteiger partial charge is 0.261 e. The summed E-state index contributed by atoms with van der Waals surface area (Å²) in [6.45, 7) is 6.23. The molecule has 3 N–H and O–H groups in total. The van der Waals surface area contributed by atoms with Crippen molar-refractivity contribution in [3.63, 3.8) is 0 Å². The molecule has 3 aromatic carbocycles. The highest BCUT2D eigenvalue weighted by Crippen LogP contribution is 2.27. The first-order valence-electron chi connectivity index (χ1n) is 11.0. The van der Waals surface area contributed by atoms with Gasteiger partial charge in [-0.3, -0.25) is 14.8 Å². The van der Waals surface area contributed by atoms with Crippen LogP contribution >= 0.6 is 28.1 Å². The number of hydrogen-bond acceptors (Lipinski definition) is 6. The Morgan fingerprint density at radius 1 is 1.00 bits per heavy atom. The predicted molar refractivity (Wildman–Crippen MR) is 148 cm³/mol. The fourth-order valence-electron chi connectivity index (χ4n) is 3.05. The van der Waals surface area contributed by atoms with E-state index in [0.717, 1.165) is 0 Å². The minimum Gasteiger partial charge on any atom is -0.494 e. The van der Waals surface area contributed by atoms with Crippen LogP contribution in [-0.4, -0.2) is 32.1 Å². The van der Waals surface area contributed by atoms with E-state index < -0.39 is 15.9 Å². The second-order valence-corrected chi connectivity index (χ2v) is 10.8. The van der Waals surface area contributed by atoms with Crippen LogP contribution in [0.1, 0.15) is 31.1 Å². The molecule has 0 heterocycles. The number of ether oxygens (including phenoxy) is 2. The Hall–Kier alpha value is -3.15. The highest BCUT2D eigenvalue weighted by Gasteiger charge is 2.15. The van der Waals surface area contributed by atoms with Crippen molar-refractivity contribution in [3.05, 3.63) is 76.8 Å². The molecular formula is C25H26BrN3O5S2. The van der Waals surface area contributed by atoms with Crippen LogP contribution in [0.25, 0.3) is 0 Å². The lowest BCUT2D eigenvalue weighted by molar-refractivity contribution is 0.0977. The van der Waals surface area contributed by atoms with Crippen molar-refractivity contribution in [2.75, 3.05) is 16.6 Å². The number of sulfonamides is 1. The van der Waals surface area contributed by atoms with Gasteiger partial charge in [-0.15, -0.1) is 0 Å². The molecule has 0 saturated carbocycles. The number of carbonyl (C=O) groups is 1. The van der Waals surface area contributed by atoms with Crippen LogP contribution in [0.2, 0.25) is 0 Å². The largest absolute Gasteiger partial charge is 0.494 e. The van der Waals surface area contributed by atoms with E-state index in [1.165, 1.54) is 12.1 Å². The van der Waals surface area contributed by atoms with Crippen LogP contribution in [0, 0.1) is 0 Å². The van der Waals surface area contributed by atoms with Gasteiger partial charge < -0.3 is 14.8 Å². The summed E-state index contributed by atoms with van der Waals surface area (Å²) < 4.78 is 39.6. The number of anilines is 2. The Morgan fingerprint density at radius 2 is 1.64 bits per heavy atom. The van der Waals surface area contributed by atoms with Gasteiger partial charge in [0.15, 0.2) is 5.11 Å². The number of carbonyl (C=O) groups excluding carboxylic acids is 1. The summed E-state index contributed by atoms with van der Waals surface area (Å²) in [6, 6.07) is 17.6. The zero-order chi connectivity index (χ0) is 26.3. The summed E-state index contributed by atoms with van der Waals surface area (Å²) in [5.41, 5.74) is 1.33. The average Bonchev–Trinajstić information content (AvgIpc) is 2.81. The number of rotatable bonds is 9. The normalized spacial score (nSPS) is 11.0. The molecule has 0 saturated heterocycles. The molecule has 0 bridgehead atoms. The van der Waals surface area contributed by atoms with Crippen molar-refractivity contribution in [3.8, 4) is 11.5 Å². The molecule has 36 heavy (non-hydrogen) atoms. The minimum absolute atomic E-state index is 0.00195. The molecule has 3 rings (SSSR count). The molecule has 1 amide bonds. The minimum atomic E-state index is -3.79. The number of nitrogens with one attached hydrogen (secondary N) is 3. The molecule has 0 aromatic heterocycles. The first kappa shape index (κ1) is 27.4. The van der Waals surface area contributed by atoms with Crippen molar-refractivity contribution < 1.29 is 22.7 Å². The van der Waals surface area contributed by atoms with Gasteiger partial charge in [0, 0.05) is 16.9 Å². The van der Waals surface area contributed by atoms with Crippen LogP contribution in [0.3, 0.4) is 0 Å². The lowest BCUT2D eigenvalue weighted by atomic mass is 10.2. The number of halogens is 1. The Morgan fingerprint density at radius 3 is 2.22 bits per heavy atom. The number of thiocarbonyl (C=S) groups is 1. The molecule has 8 nitrogen and oxygen atoms in total.